The number of hydrogen-bond acceptors (Lipinski definition) is 2. The number of para-hydroxylation sites is 1. The molecule has 0 saturated heterocycles. The molecule has 4 aromatic rings. The molecule has 1 amide bonds. The van der Waals surface area contributed by atoms with E-state index >= 15 is 0 Å². The molecule has 3 aromatic carbocycles. The molecule has 1 atom stereocenters. The van der Waals surface area contributed by atoms with Crippen LogP contribution in [0.25, 0.3) is 17.0 Å². The summed E-state index contributed by atoms with van der Waals surface area (Å²) in [5.41, 5.74) is 4.66. The second-order valence-corrected chi connectivity index (χ2v) is 8.06. The lowest BCUT2D eigenvalue weighted by Gasteiger charge is -2.35. The van der Waals surface area contributed by atoms with Crippen LogP contribution in [0.1, 0.15) is 38.8 Å². The molecule has 2 N–H and O–H groups in total. The zero-order valence-corrected chi connectivity index (χ0v) is 17.7. The standard InChI is InChI=1S/C27H21FN2O3/c28-20-5-3-4-19(16-20)26-25-22(21-6-1-2-7-23(21)29-25)14-15-30(26)24(31)13-10-17-8-11-18(12-9-17)27(32)33/h1-13,16,26,29H,14-15H2,(H,32,33)/b13-10+. The number of H-pyrrole nitrogens is 1. The lowest BCUT2D eigenvalue weighted by atomic mass is 9.92. The van der Waals surface area contributed by atoms with Crippen molar-refractivity contribution in [3.05, 3.63) is 113 Å². The third-order valence-electron chi connectivity index (χ3n) is 6.06. The van der Waals surface area contributed by atoms with E-state index in [0.717, 1.165) is 27.7 Å². The van der Waals surface area contributed by atoms with E-state index in [-0.39, 0.29) is 17.3 Å². The third-order valence-corrected chi connectivity index (χ3v) is 6.06. The van der Waals surface area contributed by atoms with Gasteiger partial charge in [-0.25, -0.2) is 9.18 Å². The van der Waals surface area contributed by atoms with Gasteiger partial charge in [0.1, 0.15) is 5.82 Å². The number of amides is 1. The van der Waals surface area contributed by atoms with Crippen LogP contribution in [-0.4, -0.2) is 33.4 Å². The van der Waals surface area contributed by atoms with Crippen LogP contribution in [0.4, 0.5) is 4.39 Å². The van der Waals surface area contributed by atoms with Crippen LogP contribution in [0.2, 0.25) is 0 Å². The second-order valence-electron chi connectivity index (χ2n) is 8.06. The predicted molar refractivity (Wildman–Crippen MR) is 124 cm³/mol. The topological polar surface area (TPSA) is 73.4 Å². The summed E-state index contributed by atoms with van der Waals surface area (Å²) < 4.78 is 14.1. The van der Waals surface area contributed by atoms with E-state index in [1.54, 1.807) is 29.2 Å². The molecule has 0 saturated carbocycles. The number of carboxylic acids is 1. The van der Waals surface area contributed by atoms with Crippen LogP contribution in [0.3, 0.4) is 0 Å². The van der Waals surface area contributed by atoms with Crippen LogP contribution >= 0.6 is 0 Å². The Labute approximate surface area is 189 Å². The fourth-order valence-corrected chi connectivity index (χ4v) is 4.50. The number of nitrogens with one attached hydrogen (secondary N) is 1. The van der Waals surface area contributed by atoms with Gasteiger partial charge in [-0.15, -0.1) is 0 Å². The van der Waals surface area contributed by atoms with Gasteiger partial charge in [0.15, 0.2) is 0 Å². The smallest absolute Gasteiger partial charge is 0.335 e. The number of carbonyl (C=O) groups excluding carboxylic acids is 1. The van der Waals surface area contributed by atoms with Gasteiger partial charge >= 0.3 is 5.97 Å². The predicted octanol–water partition coefficient (Wildman–Crippen LogP) is 5.19. The van der Waals surface area contributed by atoms with Crippen LogP contribution < -0.4 is 0 Å². The fourth-order valence-electron chi connectivity index (χ4n) is 4.50. The molecule has 1 aliphatic rings. The Balaban J connectivity index is 1.51. The molecule has 0 radical (unpaired) electrons. The number of carboxylic acid groups (broad SMARTS) is 1. The van der Waals surface area contributed by atoms with E-state index in [2.05, 4.69) is 11.1 Å². The highest BCUT2D eigenvalue weighted by molar-refractivity contribution is 5.94. The van der Waals surface area contributed by atoms with Gasteiger partial charge < -0.3 is 15.0 Å². The summed E-state index contributed by atoms with van der Waals surface area (Å²) in [4.78, 5) is 29.5. The van der Waals surface area contributed by atoms with Crippen molar-refractivity contribution < 1.29 is 19.1 Å². The number of hydrogen-bond donors (Lipinski definition) is 2. The molecular formula is C27H21FN2O3. The van der Waals surface area contributed by atoms with Crippen molar-refractivity contribution in [3.8, 4) is 0 Å². The average Bonchev–Trinajstić information content (AvgIpc) is 3.21. The summed E-state index contributed by atoms with van der Waals surface area (Å²) in [7, 11) is 0. The number of aromatic nitrogens is 1. The molecule has 164 valence electrons. The van der Waals surface area contributed by atoms with Gasteiger partial charge in [0.2, 0.25) is 5.91 Å². The molecule has 1 unspecified atom stereocenters. The van der Waals surface area contributed by atoms with Crippen LogP contribution in [-0.2, 0) is 11.2 Å². The minimum absolute atomic E-state index is 0.187. The number of rotatable bonds is 4. The van der Waals surface area contributed by atoms with Crippen molar-refractivity contribution in [2.45, 2.75) is 12.5 Å². The zero-order chi connectivity index (χ0) is 22.9. The van der Waals surface area contributed by atoms with E-state index in [9.17, 15) is 14.0 Å². The molecule has 1 aromatic heterocycles. The van der Waals surface area contributed by atoms with Crippen molar-refractivity contribution in [1.29, 1.82) is 0 Å². The Morgan fingerprint density at radius 3 is 2.58 bits per heavy atom. The summed E-state index contributed by atoms with van der Waals surface area (Å²) in [6.07, 6.45) is 3.84. The van der Waals surface area contributed by atoms with Gasteiger partial charge in [-0.2, -0.15) is 0 Å². The molecule has 5 nitrogen and oxygen atoms in total. The summed E-state index contributed by atoms with van der Waals surface area (Å²) in [5.74, 6) is -1.55. The number of aromatic carboxylic acids is 1. The van der Waals surface area contributed by atoms with Gasteiger partial charge in [-0.3, -0.25) is 4.79 Å². The van der Waals surface area contributed by atoms with Crippen molar-refractivity contribution in [2.24, 2.45) is 0 Å². The van der Waals surface area contributed by atoms with Gasteiger partial charge in [-0.05, 0) is 59.5 Å². The third kappa shape index (κ3) is 3.91. The largest absolute Gasteiger partial charge is 0.478 e. The molecule has 2 heterocycles. The molecule has 5 rings (SSSR count). The average molecular weight is 440 g/mol. The van der Waals surface area contributed by atoms with Crippen LogP contribution in [0.5, 0.6) is 0 Å². The van der Waals surface area contributed by atoms with Gasteiger partial charge in [0, 0.05) is 29.2 Å². The van der Waals surface area contributed by atoms with Gasteiger partial charge in [0.05, 0.1) is 11.6 Å². The van der Waals surface area contributed by atoms with Gasteiger partial charge in [0.25, 0.3) is 0 Å². The maximum atomic E-state index is 14.1. The van der Waals surface area contributed by atoms with E-state index in [0.29, 0.717) is 18.5 Å². The molecule has 0 bridgehead atoms. The van der Waals surface area contributed by atoms with E-state index < -0.39 is 12.0 Å². The zero-order valence-electron chi connectivity index (χ0n) is 17.7. The molecular weight excluding hydrogens is 419 g/mol. The molecule has 6 heteroatoms. The van der Waals surface area contributed by atoms with E-state index in [4.69, 9.17) is 5.11 Å². The summed E-state index contributed by atoms with van der Waals surface area (Å²) in [6, 6.07) is 20.2. The quantitative estimate of drug-likeness (QED) is 0.429. The Morgan fingerprint density at radius 2 is 1.82 bits per heavy atom. The summed E-state index contributed by atoms with van der Waals surface area (Å²) >= 11 is 0. The second kappa shape index (κ2) is 8.39. The normalized spacial score (nSPS) is 15.7. The first-order chi connectivity index (χ1) is 16.0. The number of benzene rings is 3. The summed E-state index contributed by atoms with van der Waals surface area (Å²) in [6.45, 7) is 0.497. The SMILES string of the molecule is O=C(O)c1ccc(/C=C/C(=O)N2CCc3c([nH]c4ccccc34)C2c2cccc(F)c2)cc1. The van der Waals surface area contributed by atoms with Gasteiger partial charge in [-0.1, -0.05) is 42.5 Å². The molecule has 1 aliphatic heterocycles. The first-order valence-electron chi connectivity index (χ1n) is 10.7. The highest BCUT2D eigenvalue weighted by atomic mass is 19.1. The lowest BCUT2D eigenvalue weighted by Crippen LogP contribution is -2.39. The summed E-state index contributed by atoms with van der Waals surface area (Å²) in [5, 5.41) is 10.2. The minimum Gasteiger partial charge on any atom is -0.478 e. The lowest BCUT2D eigenvalue weighted by molar-refractivity contribution is -0.128. The van der Waals surface area contributed by atoms with E-state index in [1.165, 1.54) is 30.3 Å². The van der Waals surface area contributed by atoms with Crippen molar-refractivity contribution in [1.82, 2.24) is 9.88 Å². The molecule has 0 fully saturated rings. The number of aromatic amines is 1. The minimum atomic E-state index is -0.998. The maximum Gasteiger partial charge on any atom is 0.335 e. The number of carbonyl (C=O) groups is 2. The number of nitrogens with zero attached hydrogens (tertiary/aromatic N) is 1. The monoisotopic (exact) mass is 440 g/mol. The highest BCUT2D eigenvalue weighted by Gasteiger charge is 2.33. The Morgan fingerprint density at radius 1 is 1.03 bits per heavy atom. The van der Waals surface area contributed by atoms with E-state index in [1.807, 2.05) is 24.3 Å². The Kier molecular flexibility index (Phi) is 5.26. The maximum absolute atomic E-state index is 14.1. The first kappa shape index (κ1) is 20.7. The fraction of sp³-hybridized carbons (Fsp3) is 0.111. The number of halogens is 1. The van der Waals surface area contributed by atoms with Crippen LogP contribution in [0, 0.1) is 5.82 Å². The highest BCUT2D eigenvalue weighted by Crippen LogP contribution is 2.38. The van der Waals surface area contributed by atoms with Crippen LogP contribution in [0.15, 0.2) is 78.9 Å². The Bertz CT molecular complexity index is 1390. The van der Waals surface area contributed by atoms with Crippen molar-refractivity contribution in [3.63, 3.8) is 0 Å². The van der Waals surface area contributed by atoms with Crippen molar-refractivity contribution >= 4 is 28.9 Å². The Hall–Kier alpha value is -4.19. The molecule has 0 spiro atoms. The molecule has 33 heavy (non-hydrogen) atoms. The van der Waals surface area contributed by atoms with Crippen molar-refractivity contribution in [2.75, 3.05) is 6.54 Å². The molecule has 0 aliphatic carbocycles. The number of fused-ring (bicyclic) bond motifs is 3. The first-order valence-corrected chi connectivity index (χ1v) is 10.7.